The van der Waals surface area contributed by atoms with Crippen LogP contribution >= 0.6 is 0 Å². The van der Waals surface area contributed by atoms with Crippen molar-refractivity contribution in [1.82, 2.24) is 9.97 Å². The summed E-state index contributed by atoms with van der Waals surface area (Å²) in [6.07, 6.45) is -4.59. The SMILES string of the molecule is NC[C@H]1O[C@@H](N2CN(S(=O)(=O)C(F)(F)C(=O)c3ccccc3O)c3c(N)ncnc32)C(O)C1O. The first-order chi connectivity index (χ1) is 15.9. The van der Waals surface area contributed by atoms with E-state index in [1.807, 2.05) is 0 Å². The summed E-state index contributed by atoms with van der Waals surface area (Å²) in [7, 11) is -5.84. The number of alkyl halides is 2. The molecule has 184 valence electrons. The Morgan fingerprint density at radius 2 is 1.91 bits per heavy atom. The summed E-state index contributed by atoms with van der Waals surface area (Å²) in [5.41, 5.74) is 9.78. The Morgan fingerprint density at radius 3 is 2.53 bits per heavy atom. The molecule has 0 aliphatic carbocycles. The molecule has 2 aliphatic rings. The monoisotopic (exact) mass is 502 g/mol. The van der Waals surface area contributed by atoms with Gasteiger partial charge in [0.1, 0.15) is 42.7 Å². The summed E-state index contributed by atoms with van der Waals surface area (Å²) in [4.78, 5) is 21.0. The molecule has 3 heterocycles. The van der Waals surface area contributed by atoms with E-state index in [0.717, 1.165) is 23.4 Å². The van der Waals surface area contributed by atoms with E-state index in [0.29, 0.717) is 0 Å². The van der Waals surface area contributed by atoms with Gasteiger partial charge in [0, 0.05) is 6.54 Å². The summed E-state index contributed by atoms with van der Waals surface area (Å²) in [6.45, 7) is -1.10. The minimum Gasteiger partial charge on any atom is -0.507 e. The molecule has 34 heavy (non-hydrogen) atoms. The van der Waals surface area contributed by atoms with Crippen LogP contribution in [0.5, 0.6) is 5.75 Å². The highest BCUT2D eigenvalue weighted by Crippen LogP contribution is 2.45. The number of phenolic OH excluding ortho intramolecular Hbond substituents is 1. The van der Waals surface area contributed by atoms with Gasteiger partial charge in [0.05, 0.1) is 5.56 Å². The number of Topliss-reactive ketones (excluding diaryl/α,β-unsaturated/α-hetero) is 1. The molecule has 1 aromatic heterocycles. The topological polar surface area (TPSA) is 205 Å². The first kappa shape index (κ1) is 24.0. The van der Waals surface area contributed by atoms with Crippen LogP contribution in [0.1, 0.15) is 10.4 Å². The molecule has 0 saturated carbocycles. The molecule has 13 nitrogen and oxygen atoms in total. The number of aliphatic hydroxyl groups excluding tert-OH is 2. The molecule has 1 saturated heterocycles. The number of rotatable bonds is 6. The van der Waals surface area contributed by atoms with Gasteiger partial charge in [-0.3, -0.25) is 4.79 Å². The summed E-state index contributed by atoms with van der Waals surface area (Å²) in [6, 6.07) is 4.24. The third-order valence-electron chi connectivity index (χ3n) is 5.54. The van der Waals surface area contributed by atoms with E-state index in [9.17, 15) is 28.5 Å². The number of halogens is 2. The molecule has 16 heteroatoms. The number of fused-ring (bicyclic) bond motifs is 1. The van der Waals surface area contributed by atoms with Gasteiger partial charge in [0.25, 0.3) is 5.78 Å². The van der Waals surface area contributed by atoms with Crippen molar-refractivity contribution in [3.63, 3.8) is 0 Å². The van der Waals surface area contributed by atoms with Crippen LogP contribution in [0, 0.1) is 0 Å². The second-order valence-electron chi connectivity index (χ2n) is 7.54. The van der Waals surface area contributed by atoms with Gasteiger partial charge < -0.3 is 36.4 Å². The normalized spacial score (nSPS) is 25.0. The number of hydrogen-bond donors (Lipinski definition) is 5. The van der Waals surface area contributed by atoms with Gasteiger partial charge >= 0.3 is 15.3 Å². The Labute approximate surface area is 191 Å². The first-order valence-electron chi connectivity index (χ1n) is 9.75. The minimum absolute atomic E-state index is 0.119. The number of phenols is 1. The Hall–Kier alpha value is -3.18. The molecule has 2 unspecified atom stereocenters. The number of ether oxygens (including phenoxy) is 1. The summed E-state index contributed by atoms with van der Waals surface area (Å²) in [5.74, 6) is -3.81. The highest BCUT2D eigenvalue weighted by molar-refractivity contribution is 7.94. The zero-order valence-electron chi connectivity index (χ0n) is 17.2. The maximum Gasteiger partial charge on any atom is 0.425 e. The third-order valence-corrected chi connectivity index (χ3v) is 7.25. The number of aromatic hydroxyl groups is 1. The number of nitrogens with two attached hydrogens (primary N) is 2. The second kappa shape index (κ2) is 8.24. The Balaban J connectivity index is 1.76. The summed E-state index contributed by atoms with van der Waals surface area (Å²) < 4.78 is 62.1. The van der Waals surface area contributed by atoms with Crippen LogP contribution in [0.25, 0.3) is 0 Å². The van der Waals surface area contributed by atoms with Crippen LogP contribution in [0.3, 0.4) is 0 Å². The smallest absolute Gasteiger partial charge is 0.425 e. The lowest BCUT2D eigenvalue weighted by Gasteiger charge is -2.29. The Bertz CT molecular complexity index is 1230. The van der Waals surface area contributed by atoms with Crippen molar-refractivity contribution in [1.29, 1.82) is 0 Å². The maximum atomic E-state index is 15.2. The van der Waals surface area contributed by atoms with E-state index in [1.54, 1.807) is 0 Å². The van der Waals surface area contributed by atoms with Crippen molar-refractivity contribution in [2.75, 3.05) is 28.2 Å². The lowest BCUT2D eigenvalue weighted by atomic mass is 10.1. The van der Waals surface area contributed by atoms with Gasteiger partial charge in [-0.05, 0) is 12.1 Å². The minimum atomic E-state index is -5.84. The lowest BCUT2D eigenvalue weighted by molar-refractivity contribution is 0.0118. The number of sulfonamides is 1. The number of carbonyl (C=O) groups excluding carboxylic acids is 1. The molecular weight excluding hydrogens is 482 g/mol. The number of aliphatic hydroxyl groups is 2. The largest absolute Gasteiger partial charge is 0.507 e. The summed E-state index contributed by atoms with van der Waals surface area (Å²) >= 11 is 0. The fourth-order valence-electron chi connectivity index (χ4n) is 3.76. The fourth-order valence-corrected chi connectivity index (χ4v) is 5.08. The predicted molar refractivity (Wildman–Crippen MR) is 112 cm³/mol. The first-order valence-corrected chi connectivity index (χ1v) is 11.2. The zero-order valence-corrected chi connectivity index (χ0v) is 18.0. The van der Waals surface area contributed by atoms with Crippen molar-refractivity contribution in [3.05, 3.63) is 36.2 Å². The van der Waals surface area contributed by atoms with E-state index >= 15 is 8.78 Å². The molecule has 0 spiro atoms. The molecule has 4 rings (SSSR count). The van der Waals surface area contributed by atoms with Gasteiger partial charge in [-0.1, -0.05) is 12.1 Å². The number of nitrogen functional groups attached to an aromatic ring is 1. The van der Waals surface area contributed by atoms with Crippen LogP contribution in [0.2, 0.25) is 0 Å². The van der Waals surface area contributed by atoms with E-state index in [-0.39, 0.29) is 16.7 Å². The second-order valence-corrected chi connectivity index (χ2v) is 9.44. The standard InChI is InChI=1S/C18H20F2N6O7S/c19-18(20,14(30)8-3-1-2-4-9(8)27)34(31,32)26-7-25(16-11(26)15(22)23-6-24-16)17-13(29)12(28)10(5-21)33-17/h1-4,6,10,12-13,17,27-29H,5,7,21H2,(H2,22,23,24)/t10-,12?,13?,17-/m1/s1. The van der Waals surface area contributed by atoms with Crippen molar-refractivity contribution < 1.29 is 42.0 Å². The number of ketones is 1. The van der Waals surface area contributed by atoms with Crippen LogP contribution in [-0.2, 0) is 14.8 Å². The molecule has 2 aliphatic heterocycles. The molecule has 4 atom stereocenters. The molecule has 7 N–H and O–H groups in total. The van der Waals surface area contributed by atoms with Crippen molar-refractivity contribution in [2.24, 2.45) is 5.73 Å². The van der Waals surface area contributed by atoms with Crippen molar-refractivity contribution in [2.45, 2.75) is 29.8 Å². The molecule has 0 bridgehead atoms. The number of carbonyl (C=O) groups is 1. The van der Waals surface area contributed by atoms with Crippen LogP contribution in [0.4, 0.5) is 26.1 Å². The van der Waals surface area contributed by atoms with Gasteiger partial charge in [-0.25, -0.2) is 14.3 Å². The number of nitrogens with zero attached hydrogens (tertiary/aromatic N) is 4. The van der Waals surface area contributed by atoms with E-state index in [4.69, 9.17) is 16.2 Å². The molecule has 1 fully saturated rings. The maximum absolute atomic E-state index is 15.2. The highest BCUT2D eigenvalue weighted by atomic mass is 32.2. The van der Waals surface area contributed by atoms with Gasteiger partial charge in [0.15, 0.2) is 17.9 Å². The predicted octanol–water partition coefficient (Wildman–Crippen LogP) is -1.44. The third kappa shape index (κ3) is 3.41. The number of benzene rings is 1. The fraction of sp³-hybridized carbons (Fsp3) is 0.389. The molecule has 2 aromatic rings. The molecular formula is C18H20F2N6O7S. The molecule has 1 aromatic carbocycles. The number of hydrogen-bond acceptors (Lipinski definition) is 12. The van der Waals surface area contributed by atoms with Crippen LogP contribution < -0.4 is 20.7 Å². The van der Waals surface area contributed by atoms with Crippen molar-refractivity contribution >= 4 is 33.1 Å². The zero-order chi connectivity index (χ0) is 25.0. The number of para-hydroxylation sites is 1. The van der Waals surface area contributed by atoms with E-state index in [1.165, 1.54) is 12.1 Å². The van der Waals surface area contributed by atoms with E-state index in [2.05, 4.69) is 9.97 Å². The summed E-state index contributed by atoms with van der Waals surface area (Å²) in [5, 5.41) is 25.2. The van der Waals surface area contributed by atoms with Crippen LogP contribution in [0.15, 0.2) is 30.6 Å². The Morgan fingerprint density at radius 1 is 1.24 bits per heavy atom. The average Bonchev–Trinajstić information content (AvgIpc) is 3.32. The number of anilines is 3. The average molecular weight is 502 g/mol. The quantitative estimate of drug-likeness (QED) is 0.288. The number of aromatic nitrogens is 2. The van der Waals surface area contributed by atoms with E-state index < -0.39 is 75.1 Å². The molecule has 0 radical (unpaired) electrons. The van der Waals surface area contributed by atoms with Gasteiger partial charge in [-0.15, -0.1) is 0 Å². The van der Waals surface area contributed by atoms with Crippen molar-refractivity contribution in [3.8, 4) is 5.75 Å². The Kier molecular flexibility index (Phi) is 5.81. The highest BCUT2D eigenvalue weighted by Gasteiger charge is 2.60. The molecule has 0 amide bonds. The lowest BCUT2D eigenvalue weighted by Crippen LogP contribution is -2.51. The van der Waals surface area contributed by atoms with Gasteiger partial charge in [-0.2, -0.15) is 17.2 Å². The van der Waals surface area contributed by atoms with Gasteiger partial charge in [0.2, 0.25) is 0 Å². The van der Waals surface area contributed by atoms with Crippen LogP contribution in [-0.4, -0.2) is 82.5 Å².